The van der Waals surface area contributed by atoms with Crippen molar-refractivity contribution in [1.82, 2.24) is 0 Å². The second kappa shape index (κ2) is 8.24. The maximum atomic E-state index is 12.7. The van der Waals surface area contributed by atoms with Gasteiger partial charge in [0, 0.05) is 11.5 Å². The normalized spacial score (nSPS) is 11.9. The summed E-state index contributed by atoms with van der Waals surface area (Å²) in [6.45, 7) is 5.26. The zero-order valence-corrected chi connectivity index (χ0v) is 18.2. The lowest BCUT2D eigenvalue weighted by Crippen LogP contribution is -2.20. The largest absolute Gasteiger partial charge is 0.478 e. The molecule has 0 saturated heterocycles. The van der Waals surface area contributed by atoms with Gasteiger partial charge in [0.2, 0.25) is 0 Å². The Morgan fingerprint density at radius 2 is 1.53 bits per heavy atom. The van der Waals surface area contributed by atoms with Gasteiger partial charge in [-0.1, -0.05) is 54.5 Å². The molecule has 1 aliphatic carbocycles. The van der Waals surface area contributed by atoms with E-state index < -0.39 is 12.1 Å². The fourth-order valence-electron chi connectivity index (χ4n) is 4.68. The van der Waals surface area contributed by atoms with Crippen LogP contribution < -0.4 is 5.32 Å². The topological polar surface area (TPSA) is 75.6 Å². The van der Waals surface area contributed by atoms with Gasteiger partial charge in [-0.25, -0.2) is 9.59 Å². The van der Waals surface area contributed by atoms with Crippen LogP contribution in [0.25, 0.3) is 11.1 Å². The zero-order chi connectivity index (χ0) is 23.0. The molecule has 1 amide bonds. The van der Waals surface area contributed by atoms with Crippen molar-refractivity contribution in [2.24, 2.45) is 0 Å². The lowest BCUT2D eigenvalue weighted by Gasteiger charge is -2.19. The number of hydrogen-bond acceptors (Lipinski definition) is 3. The molecule has 0 radical (unpaired) electrons. The lowest BCUT2D eigenvalue weighted by atomic mass is 9.91. The summed E-state index contributed by atoms with van der Waals surface area (Å²) in [6, 6.07) is 16.2. The molecule has 0 aromatic heterocycles. The van der Waals surface area contributed by atoms with Gasteiger partial charge in [-0.15, -0.1) is 6.42 Å². The first-order chi connectivity index (χ1) is 15.3. The van der Waals surface area contributed by atoms with Gasteiger partial charge in [-0.05, 0) is 59.7 Å². The van der Waals surface area contributed by atoms with Gasteiger partial charge in [0.25, 0.3) is 0 Å². The molecule has 0 aliphatic heterocycles. The van der Waals surface area contributed by atoms with Crippen molar-refractivity contribution in [3.8, 4) is 23.5 Å². The van der Waals surface area contributed by atoms with Crippen LogP contribution in [0.2, 0.25) is 0 Å². The van der Waals surface area contributed by atoms with Crippen molar-refractivity contribution in [2.75, 3.05) is 11.9 Å². The Morgan fingerprint density at radius 3 is 2.06 bits per heavy atom. The number of benzene rings is 3. The first-order valence-electron chi connectivity index (χ1n) is 10.3. The second-order valence-electron chi connectivity index (χ2n) is 7.90. The van der Waals surface area contributed by atoms with Gasteiger partial charge in [0.1, 0.15) is 6.61 Å². The summed E-state index contributed by atoms with van der Waals surface area (Å²) >= 11 is 0. The molecule has 0 saturated carbocycles. The molecule has 1 aliphatic rings. The van der Waals surface area contributed by atoms with Gasteiger partial charge in [0.15, 0.2) is 0 Å². The summed E-state index contributed by atoms with van der Waals surface area (Å²) in [5, 5.41) is 12.4. The maximum absolute atomic E-state index is 12.7. The molecular weight excluding hydrogens is 402 g/mol. The number of aromatic carboxylic acids is 1. The van der Waals surface area contributed by atoms with Crippen LogP contribution >= 0.6 is 0 Å². The van der Waals surface area contributed by atoms with Crippen LogP contribution in [0.4, 0.5) is 10.5 Å². The van der Waals surface area contributed by atoms with Gasteiger partial charge >= 0.3 is 12.1 Å². The highest BCUT2D eigenvalue weighted by atomic mass is 16.5. The fourth-order valence-corrected chi connectivity index (χ4v) is 4.68. The Kier molecular flexibility index (Phi) is 5.46. The van der Waals surface area contributed by atoms with Crippen LogP contribution in [-0.4, -0.2) is 23.8 Å². The molecule has 0 heterocycles. The number of amides is 1. The van der Waals surface area contributed by atoms with Crippen LogP contribution in [0, 0.1) is 33.1 Å². The summed E-state index contributed by atoms with van der Waals surface area (Å²) < 4.78 is 5.61. The van der Waals surface area contributed by atoms with E-state index in [9.17, 15) is 14.7 Å². The van der Waals surface area contributed by atoms with Crippen LogP contribution in [0.3, 0.4) is 0 Å². The van der Waals surface area contributed by atoms with Crippen LogP contribution in [0.15, 0.2) is 48.5 Å². The Hall–Kier alpha value is -4.04. The molecule has 5 heteroatoms. The molecule has 4 rings (SSSR count). The molecule has 0 fully saturated rings. The molecule has 2 N–H and O–H groups in total. The highest BCUT2D eigenvalue weighted by Crippen LogP contribution is 2.44. The standard InChI is InChI=1S/C27H23NO4/c1-5-18-15(2)24(26(29)30)17(4)25(16(18)3)28-27(31)32-14-23-21-12-8-6-10-19(21)20-11-7-9-13-22(20)23/h1,6-13,23H,14H2,2-4H3,(H,28,31)(H,29,30). The number of terminal acetylenes is 1. The van der Waals surface area contributed by atoms with Crippen molar-refractivity contribution in [3.63, 3.8) is 0 Å². The predicted molar refractivity (Wildman–Crippen MR) is 124 cm³/mol. The number of carbonyl (C=O) groups excluding carboxylic acids is 1. The molecular formula is C27H23NO4. The van der Waals surface area contributed by atoms with Crippen molar-refractivity contribution in [3.05, 3.63) is 87.5 Å². The minimum Gasteiger partial charge on any atom is -0.478 e. The Balaban J connectivity index is 1.59. The number of ether oxygens (including phenoxy) is 1. The number of carboxylic acid groups (broad SMARTS) is 1. The van der Waals surface area contributed by atoms with Gasteiger partial charge in [-0.3, -0.25) is 5.32 Å². The Morgan fingerprint density at radius 1 is 0.969 bits per heavy atom. The van der Waals surface area contributed by atoms with Gasteiger partial charge in [-0.2, -0.15) is 0 Å². The molecule has 3 aromatic carbocycles. The smallest absolute Gasteiger partial charge is 0.411 e. The van der Waals surface area contributed by atoms with Gasteiger partial charge < -0.3 is 9.84 Å². The van der Waals surface area contributed by atoms with Crippen LogP contribution in [-0.2, 0) is 4.74 Å². The van der Waals surface area contributed by atoms with Crippen LogP contribution in [0.1, 0.15) is 49.7 Å². The van der Waals surface area contributed by atoms with Crippen molar-refractivity contribution >= 4 is 17.7 Å². The zero-order valence-electron chi connectivity index (χ0n) is 18.2. The minimum atomic E-state index is -1.09. The van der Waals surface area contributed by atoms with Crippen LogP contribution in [0.5, 0.6) is 0 Å². The number of rotatable bonds is 4. The Bertz CT molecular complexity index is 1250. The van der Waals surface area contributed by atoms with E-state index in [1.54, 1.807) is 20.8 Å². The number of anilines is 1. The first kappa shape index (κ1) is 21.2. The third-order valence-electron chi connectivity index (χ3n) is 6.18. The van der Waals surface area contributed by atoms with Crippen molar-refractivity contribution in [1.29, 1.82) is 0 Å². The maximum Gasteiger partial charge on any atom is 0.411 e. The third-order valence-corrected chi connectivity index (χ3v) is 6.18. The number of carbonyl (C=O) groups is 2. The molecule has 160 valence electrons. The molecule has 3 aromatic rings. The summed E-state index contributed by atoms with van der Waals surface area (Å²) in [5.41, 5.74) is 7.05. The van der Waals surface area contributed by atoms with Crippen molar-refractivity contribution < 1.29 is 19.4 Å². The first-order valence-corrected chi connectivity index (χ1v) is 10.3. The molecule has 5 nitrogen and oxygen atoms in total. The van der Waals surface area contributed by atoms with Crippen molar-refractivity contribution in [2.45, 2.75) is 26.7 Å². The average molecular weight is 425 g/mol. The minimum absolute atomic E-state index is 0.0655. The SMILES string of the molecule is C#Cc1c(C)c(NC(=O)OCC2c3ccccc3-c3ccccc32)c(C)c(C(=O)O)c1C. The summed E-state index contributed by atoms with van der Waals surface area (Å²) in [5.74, 6) is 1.39. The molecule has 32 heavy (non-hydrogen) atoms. The summed E-state index contributed by atoms with van der Waals surface area (Å²) in [4.78, 5) is 24.5. The van der Waals surface area contributed by atoms with E-state index in [0.717, 1.165) is 22.3 Å². The average Bonchev–Trinajstić information content (AvgIpc) is 3.09. The van der Waals surface area contributed by atoms with E-state index in [0.29, 0.717) is 27.9 Å². The molecule has 0 unspecified atom stereocenters. The monoisotopic (exact) mass is 425 g/mol. The van der Waals surface area contributed by atoms with E-state index >= 15 is 0 Å². The third kappa shape index (κ3) is 3.40. The predicted octanol–water partition coefficient (Wildman–Crippen LogP) is 5.65. The lowest BCUT2D eigenvalue weighted by molar-refractivity contribution is 0.0695. The quantitative estimate of drug-likeness (QED) is 0.530. The highest BCUT2D eigenvalue weighted by molar-refractivity contribution is 5.97. The number of fused-ring (bicyclic) bond motifs is 3. The number of nitrogens with one attached hydrogen (secondary N) is 1. The van der Waals surface area contributed by atoms with E-state index in [1.807, 2.05) is 36.4 Å². The second-order valence-corrected chi connectivity index (χ2v) is 7.90. The van der Waals surface area contributed by atoms with E-state index in [1.165, 1.54) is 0 Å². The van der Waals surface area contributed by atoms with E-state index in [4.69, 9.17) is 11.2 Å². The highest BCUT2D eigenvalue weighted by Gasteiger charge is 2.29. The molecule has 0 spiro atoms. The molecule has 0 atom stereocenters. The number of carboxylic acids is 1. The van der Waals surface area contributed by atoms with Gasteiger partial charge in [0.05, 0.1) is 11.3 Å². The van der Waals surface area contributed by atoms with E-state index in [-0.39, 0.29) is 18.1 Å². The van der Waals surface area contributed by atoms with E-state index in [2.05, 4.69) is 23.4 Å². The Labute approximate surface area is 187 Å². The molecule has 0 bridgehead atoms. The fraction of sp³-hybridized carbons (Fsp3) is 0.185. The number of hydrogen-bond donors (Lipinski definition) is 2. The summed E-state index contributed by atoms with van der Waals surface area (Å²) in [6.07, 6.45) is 4.96. The summed E-state index contributed by atoms with van der Waals surface area (Å²) in [7, 11) is 0.